The fraction of sp³-hybridized carbons (Fsp3) is 0.625. The average molecular weight is 247 g/mol. The standard InChI is InChI=1S/C16H25NO/c1-11-5-4-6-14(9-11)18-16-8-7-12(2)10-15(16)13(3)17/h7-8,10-11,13-14H,4-6,9,17H2,1-3H3/t11?,13-,14?/m1/s1. The molecule has 1 aromatic carbocycles. The zero-order chi connectivity index (χ0) is 13.1. The van der Waals surface area contributed by atoms with Gasteiger partial charge in [-0.25, -0.2) is 0 Å². The predicted molar refractivity (Wildman–Crippen MR) is 75.8 cm³/mol. The first-order valence-corrected chi connectivity index (χ1v) is 7.09. The first kappa shape index (κ1) is 13.4. The third-order valence-corrected chi connectivity index (χ3v) is 3.84. The third kappa shape index (κ3) is 3.26. The van der Waals surface area contributed by atoms with Crippen LogP contribution in [0, 0.1) is 12.8 Å². The van der Waals surface area contributed by atoms with Crippen LogP contribution in [0.4, 0.5) is 0 Å². The molecule has 0 heterocycles. The van der Waals surface area contributed by atoms with Crippen LogP contribution in [0.5, 0.6) is 5.75 Å². The molecule has 1 fully saturated rings. The predicted octanol–water partition coefficient (Wildman–Crippen LogP) is 3.97. The molecular formula is C16H25NO. The average Bonchev–Trinajstić information content (AvgIpc) is 2.31. The van der Waals surface area contributed by atoms with Crippen LogP contribution in [0.3, 0.4) is 0 Å². The van der Waals surface area contributed by atoms with Crippen molar-refractivity contribution in [2.45, 2.75) is 58.6 Å². The summed E-state index contributed by atoms with van der Waals surface area (Å²) in [5, 5.41) is 0. The summed E-state index contributed by atoms with van der Waals surface area (Å²) in [7, 11) is 0. The van der Waals surface area contributed by atoms with Crippen molar-refractivity contribution in [1.82, 2.24) is 0 Å². The van der Waals surface area contributed by atoms with Gasteiger partial charge in [-0.15, -0.1) is 0 Å². The van der Waals surface area contributed by atoms with E-state index in [4.69, 9.17) is 10.5 Å². The van der Waals surface area contributed by atoms with Crippen LogP contribution in [0.15, 0.2) is 18.2 Å². The molecule has 2 nitrogen and oxygen atoms in total. The normalized spacial score (nSPS) is 25.8. The zero-order valence-electron chi connectivity index (χ0n) is 11.8. The SMILES string of the molecule is Cc1ccc(OC2CCCC(C)C2)c([C@@H](C)N)c1. The second-order valence-corrected chi connectivity index (χ2v) is 5.84. The van der Waals surface area contributed by atoms with Crippen molar-refractivity contribution in [3.8, 4) is 5.75 Å². The molecule has 2 unspecified atom stereocenters. The Labute approximate surface area is 111 Å². The van der Waals surface area contributed by atoms with Crippen molar-refractivity contribution in [3.63, 3.8) is 0 Å². The highest BCUT2D eigenvalue weighted by molar-refractivity contribution is 5.38. The molecule has 2 heteroatoms. The molecule has 0 bridgehead atoms. The number of aryl methyl sites for hydroxylation is 1. The smallest absolute Gasteiger partial charge is 0.124 e. The molecule has 100 valence electrons. The fourth-order valence-electron chi connectivity index (χ4n) is 2.80. The van der Waals surface area contributed by atoms with E-state index < -0.39 is 0 Å². The molecule has 0 spiro atoms. The molecule has 3 atom stereocenters. The third-order valence-electron chi connectivity index (χ3n) is 3.84. The van der Waals surface area contributed by atoms with E-state index in [1.54, 1.807) is 0 Å². The second kappa shape index (κ2) is 5.75. The topological polar surface area (TPSA) is 35.2 Å². The maximum absolute atomic E-state index is 6.19. The lowest BCUT2D eigenvalue weighted by Crippen LogP contribution is -2.25. The van der Waals surface area contributed by atoms with Gasteiger partial charge in [0.05, 0.1) is 6.10 Å². The van der Waals surface area contributed by atoms with E-state index in [9.17, 15) is 0 Å². The molecule has 18 heavy (non-hydrogen) atoms. The number of rotatable bonds is 3. The van der Waals surface area contributed by atoms with E-state index in [-0.39, 0.29) is 6.04 Å². The van der Waals surface area contributed by atoms with Gasteiger partial charge in [0, 0.05) is 11.6 Å². The lowest BCUT2D eigenvalue weighted by molar-refractivity contribution is 0.127. The van der Waals surface area contributed by atoms with Crippen LogP contribution in [-0.4, -0.2) is 6.10 Å². The summed E-state index contributed by atoms with van der Waals surface area (Å²) < 4.78 is 6.19. The van der Waals surface area contributed by atoms with Gasteiger partial charge in [0.25, 0.3) is 0 Å². The van der Waals surface area contributed by atoms with Gasteiger partial charge in [-0.3, -0.25) is 0 Å². The van der Waals surface area contributed by atoms with Crippen molar-refractivity contribution >= 4 is 0 Å². The highest BCUT2D eigenvalue weighted by atomic mass is 16.5. The summed E-state index contributed by atoms with van der Waals surface area (Å²) in [6.07, 6.45) is 5.34. The van der Waals surface area contributed by atoms with Gasteiger partial charge in [0.2, 0.25) is 0 Å². The molecule has 0 aliphatic heterocycles. The molecule has 0 amide bonds. The Balaban J connectivity index is 2.12. The highest BCUT2D eigenvalue weighted by Crippen LogP contribution is 2.31. The summed E-state index contributed by atoms with van der Waals surface area (Å²) in [5.74, 6) is 1.77. The molecule has 0 aromatic heterocycles. The Kier molecular flexibility index (Phi) is 4.28. The van der Waals surface area contributed by atoms with Gasteiger partial charge in [-0.05, 0) is 45.1 Å². The van der Waals surface area contributed by atoms with Gasteiger partial charge in [0.1, 0.15) is 5.75 Å². The number of ether oxygens (including phenoxy) is 1. The Hall–Kier alpha value is -1.02. The summed E-state index contributed by atoms with van der Waals surface area (Å²) in [6, 6.07) is 6.36. The molecule has 1 aliphatic rings. The molecule has 1 aromatic rings. The summed E-state index contributed by atoms with van der Waals surface area (Å²) in [6.45, 7) is 6.43. The Morgan fingerprint density at radius 3 is 2.78 bits per heavy atom. The lowest BCUT2D eigenvalue weighted by Gasteiger charge is -2.28. The van der Waals surface area contributed by atoms with Crippen LogP contribution in [-0.2, 0) is 0 Å². The molecule has 1 aliphatic carbocycles. The highest BCUT2D eigenvalue weighted by Gasteiger charge is 2.21. The van der Waals surface area contributed by atoms with Crippen molar-refractivity contribution in [3.05, 3.63) is 29.3 Å². The van der Waals surface area contributed by atoms with Crippen molar-refractivity contribution in [2.24, 2.45) is 11.7 Å². The largest absolute Gasteiger partial charge is 0.490 e. The summed E-state index contributed by atoms with van der Waals surface area (Å²) in [5.41, 5.74) is 8.41. The molecule has 0 radical (unpaired) electrons. The second-order valence-electron chi connectivity index (χ2n) is 5.84. The van der Waals surface area contributed by atoms with Gasteiger partial charge in [-0.1, -0.05) is 31.0 Å². The molecule has 1 saturated carbocycles. The van der Waals surface area contributed by atoms with E-state index in [0.29, 0.717) is 6.10 Å². The van der Waals surface area contributed by atoms with E-state index in [1.807, 2.05) is 6.92 Å². The summed E-state index contributed by atoms with van der Waals surface area (Å²) in [4.78, 5) is 0. The lowest BCUT2D eigenvalue weighted by atomic mass is 9.88. The molecule has 2 rings (SSSR count). The number of hydrogen-bond acceptors (Lipinski definition) is 2. The number of benzene rings is 1. The minimum Gasteiger partial charge on any atom is -0.490 e. The van der Waals surface area contributed by atoms with Crippen LogP contribution in [0.25, 0.3) is 0 Å². The van der Waals surface area contributed by atoms with Gasteiger partial charge >= 0.3 is 0 Å². The fourth-order valence-corrected chi connectivity index (χ4v) is 2.80. The number of nitrogens with two attached hydrogens (primary N) is 1. The van der Waals surface area contributed by atoms with Gasteiger partial charge in [-0.2, -0.15) is 0 Å². The first-order valence-electron chi connectivity index (χ1n) is 7.09. The van der Waals surface area contributed by atoms with Crippen molar-refractivity contribution < 1.29 is 4.74 Å². The van der Waals surface area contributed by atoms with Crippen molar-refractivity contribution in [2.75, 3.05) is 0 Å². The van der Waals surface area contributed by atoms with E-state index >= 15 is 0 Å². The Morgan fingerprint density at radius 1 is 1.33 bits per heavy atom. The maximum atomic E-state index is 6.19. The minimum atomic E-state index is 0.0286. The quantitative estimate of drug-likeness (QED) is 0.877. The van der Waals surface area contributed by atoms with E-state index in [1.165, 1.54) is 31.2 Å². The van der Waals surface area contributed by atoms with Gasteiger partial charge in [0.15, 0.2) is 0 Å². The van der Waals surface area contributed by atoms with Crippen LogP contribution in [0.1, 0.15) is 56.7 Å². The van der Waals surface area contributed by atoms with Crippen molar-refractivity contribution in [1.29, 1.82) is 0 Å². The Bertz CT molecular complexity index is 400. The zero-order valence-corrected chi connectivity index (χ0v) is 11.8. The van der Waals surface area contributed by atoms with Crippen LogP contribution < -0.4 is 10.5 Å². The monoisotopic (exact) mass is 247 g/mol. The van der Waals surface area contributed by atoms with Crippen LogP contribution in [0.2, 0.25) is 0 Å². The maximum Gasteiger partial charge on any atom is 0.124 e. The Morgan fingerprint density at radius 2 is 2.11 bits per heavy atom. The first-order chi connectivity index (χ1) is 8.56. The van der Waals surface area contributed by atoms with Gasteiger partial charge < -0.3 is 10.5 Å². The van der Waals surface area contributed by atoms with E-state index in [2.05, 4.69) is 32.0 Å². The van der Waals surface area contributed by atoms with Crippen LogP contribution >= 0.6 is 0 Å². The molecule has 0 saturated heterocycles. The van der Waals surface area contributed by atoms with E-state index in [0.717, 1.165) is 17.2 Å². The minimum absolute atomic E-state index is 0.0286. The number of hydrogen-bond donors (Lipinski definition) is 1. The summed E-state index contributed by atoms with van der Waals surface area (Å²) >= 11 is 0. The molecular weight excluding hydrogens is 222 g/mol. The molecule has 2 N–H and O–H groups in total.